The number of likely N-dealkylation sites (N-methyl/N-ethyl adjacent to an activating group) is 1. The molecule has 0 rings (SSSR count). The van der Waals surface area contributed by atoms with E-state index in [2.05, 4.69) is 43.1 Å². The van der Waals surface area contributed by atoms with Crippen molar-refractivity contribution in [3.63, 3.8) is 0 Å². The van der Waals surface area contributed by atoms with E-state index in [0.29, 0.717) is 5.92 Å². The molecule has 0 aromatic carbocycles. The SMILES string of the molecule is CCOCCCNC(=S)N(CCN(C)C)CC(C)C. The van der Waals surface area contributed by atoms with Crippen molar-refractivity contribution in [2.24, 2.45) is 5.92 Å². The molecule has 0 saturated heterocycles. The minimum absolute atomic E-state index is 0.616. The molecule has 0 aliphatic heterocycles. The molecule has 19 heavy (non-hydrogen) atoms. The average Bonchev–Trinajstić information content (AvgIpc) is 2.33. The van der Waals surface area contributed by atoms with Crippen LogP contribution in [0, 0.1) is 5.92 Å². The van der Waals surface area contributed by atoms with Gasteiger partial charge in [-0.2, -0.15) is 0 Å². The van der Waals surface area contributed by atoms with Crippen LogP contribution >= 0.6 is 12.2 Å². The highest BCUT2D eigenvalue weighted by Crippen LogP contribution is 2.00. The van der Waals surface area contributed by atoms with E-state index in [9.17, 15) is 0 Å². The fraction of sp³-hybridized carbons (Fsp3) is 0.929. The lowest BCUT2D eigenvalue weighted by Gasteiger charge is -2.28. The van der Waals surface area contributed by atoms with Crippen LogP contribution in [-0.4, -0.2) is 68.4 Å². The summed E-state index contributed by atoms with van der Waals surface area (Å²) in [5.74, 6) is 0.616. The first-order valence-corrected chi connectivity index (χ1v) is 7.63. The molecule has 0 heterocycles. The van der Waals surface area contributed by atoms with Crippen molar-refractivity contribution in [3.8, 4) is 0 Å². The Kier molecular flexibility index (Phi) is 11.2. The van der Waals surface area contributed by atoms with Crippen LogP contribution in [0.4, 0.5) is 0 Å². The molecular formula is C14H31N3OS. The lowest BCUT2D eigenvalue weighted by molar-refractivity contribution is 0.145. The van der Waals surface area contributed by atoms with Gasteiger partial charge in [-0.05, 0) is 45.6 Å². The van der Waals surface area contributed by atoms with Crippen molar-refractivity contribution >= 4 is 17.3 Å². The summed E-state index contributed by atoms with van der Waals surface area (Å²) in [6.07, 6.45) is 0.997. The third kappa shape index (κ3) is 11.2. The molecule has 0 unspecified atom stereocenters. The van der Waals surface area contributed by atoms with E-state index in [1.807, 2.05) is 6.92 Å². The molecule has 0 fully saturated rings. The number of thiocarbonyl (C=S) groups is 1. The Labute approximate surface area is 124 Å². The molecule has 0 bridgehead atoms. The third-order valence-electron chi connectivity index (χ3n) is 2.64. The van der Waals surface area contributed by atoms with Gasteiger partial charge in [0.25, 0.3) is 0 Å². The number of hydrogen-bond acceptors (Lipinski definition) is 3. The number of ether oxygens (including phenoxy) is 1. The molecule has 0 aliphatic rings. The second-order valence-electron chi connectivity index (χ2n) is 5.43. The molecule has 0 aliphatic carbocycles. The molecule has 0 radical (unpaired) electrons. The molecule has 114 valence electrons. The van der Waals surface area contributed by atoms with Crippen molar-refractivity contribution in [1.82, 2.24) is 15.1 Å². The van der Waals surface area contributed by atoms with Gasteiger partial charge in [-0.25, -0.2) is 0 Å². The van der Waals surface area contributed by atoms with Gasteiger partial charge in [0.05, 0.1) is 0 Å². The maximum absolute atomic E-state index is 5.48. The Bertz CT molecular complexity index is 235. The van der Waals surface area contributed by atoms with E-state index in [1.165, 1.54) is 0 Å². The Balaban J connectivity index is 4.00. The summed E-state index contributed by atoms with van der Waals surface area (Å²) < 4.78 is 5.32. The van der Waals surface area contributed by atoms with Gasteiger partial charge < -0.3 is 19.9 Å². The van der Waals surface area contributed by atoms with Crippen LogP contribution in [0.2, 0.25) is 0 Å². The zero-order valence-corrected chi connectivity index (χ0v) is 14.1. The van der Waals surface area contributed by atoms with Crippen molar-refractivity contribution in [1.29, 1.82) is 0 Å². The van der Waals surface area contributed by atoms with Crippen molar-refractivity contribution in [3.05, 3.63) is 0 Å². The summed E-state index contributed by atoms with van der Waals surface area (Å²) in [4.78, 5) is 4.45. The molecule has 0 saturated carbocycles. The normalized spacial score (nSPS) is 11.1. The summed E-state index contributed by atoms with van der Waals surface area (Å²) in [6, 6.07) is 0. The Morgan fingerprint density at radius 3 is 2.47 bits per heavy atom. The van der Waals surface area contributed by atoms with Gasteiger partial charge in [-0.1, -0.05) is 13.8 Å². The highest BCUT2D eigenvalue weighted by Gasteiger charge is 2.11. The third-order valence-corrected chi connectivity index (χ3v) is 3.04. The van der Waals surface area contributed by atoms with Gasteiger partial charge in [-0.3, -0.25) is 0 Å². The van der Waals surface area contributed by atoms with E-state index in [-0.39, 0.29) is 0 Å². The molecule has 1 N–H and O–H groups in total. The fourth-order valence-corrected chi connectivity index (χ4v) is 1.93. The van der Waals surface area contributed by atoms with Crippen LogP contribution < -0.4 is 5.32 Å². The largest absolute Gasteiger partial charge is 0.382 e. The first-order valence-electron chi connectivity index (χ1n) is 7.22. The van der Waals surface area contributed by atoms with Crippen LogP contribution in [0.1, 0.15) is 27.2 Å². The quantitative estimate of drug-likeness (QED) is 0.489. The summed E-state index contributed by atoms with van der Waals surface area (Å²) in [5.41, 5.74) is 0. The molecule has 0 aromatic heterocycles. The predicted octanol–water partition coefficient (Wildman–Crippen LogP) is 1.81. The molecule has 0 amide bonds. The fourth-order valence-electron chi connectivity index (χ4n) is 1.66. The van der Waals surface area contributed by atoms with E-state index >= 15 is 0 Å². The zero-order chi connectivity index (χ0) is 14.7. The van der Waals surface area contributed by atoms with Crippen molar-refractivity contribution in [2.75, 3.05) is 53.5 Å². The summed E-state index contributed by atoms with van der Waals surface area (Å²) in [7, 11) is 4.18. The van der Waals surface area contributed by atoms with E-state index < -0.39 is 0 Å². The number of hydrogen-bond donors (Lipinski definition) is 1. The van der Waals surface area contributed by atoms with Crippen molar-refractivity contribution in [2.45, 2.75) is 27.2 Å². The molecule has 0 aromatic rings. The number of rotatable bonds is 10. The summed E-state index contributed by atoms with van der Waals surface area (Å²) in [5, 5.41) is 4.20. The smallest absolute Gasteiger partial charge is 0.168 e. The minimum atomic E-state index is 0.616. The van der Waals surface area contributed by atoms with Gasteiger partial charge in [0.1, 0.15) is 0 Å². The van der Waals surface area contributed by atoms with E-state index in [1.54, 1.807) is 0 Å². The van der Waals surface area contributed by atoms with Crippen LogP contribution in [0.15, 0.2) is 0 Å². The highest BCUT2D eigenvalue weighted by atomic mass is 32.1. The van der Waals surface area contributed by atoms with Gasteiger partial charge in [0, 0.05) is 39.4 Å². The zero-order valence-electron chi connectivity index (χ0n) is 13.2. The average molecular weight is 289 g/mol. The van der Waals surface area contributed by atoms with Crippen LogP contribution in [-0.2, 0) is 4.74 Å². The van der Waals surface area contributed by atoms with Crippen LogP contribution in [0.25, 0.3) is 0 Å². The predicted molar refractivity (Wildman–Crippen MR) is 86.7 cm³/mol. The maximum Gasteiger partial charge on any atom is 0.168 e. The number of nitrogens with zero attached hydrogens (tertiary/aromatic N) is 2. The maximum atomic E-state index is 5.48. The Morgan fingerprint density at radius 2 is 1.95 bits per heavy atom. The number of nitrogens with one attached hydrogen (secondary N) is 1. The molecule has 0 spiro atoms. The van der Waals surface area contributed by atoms with Gasteiger partial charge in [0.2, 0.25) is 0 Å². The van der Waals surface area contributed by atoms with Gasteiger partial charge in [0.15, 0.2) is 5.11 Å². The van der Waals surface area contributed by atoms with Crippen molar-refractivity contribution < 1.29 is 4.74 Å². The highest BCUT2D eigenvalue weighted by molar-refractivity contribution is 7.80. The first-order chi connectivity index (χ1) is 8.97. The summed E-state index contributed by atoms with van der Waals surface area (Å²) in [6.45, 7) is 11.9. The molecule has 5 heteroatoms. The molecule has 4 nitrogen and oxygen atoms in total. The minimum Gasteiger partial charge on any atom is -0.382 e. The van der Waals surface area contributed by atoms with Crippen LogP contribution in [0.3, 0.4) is 0 Å². The van der Waals surface area contributed by atoms with Gasteiger partial charge in [-0.15, -0.1) is 0 Å². The first kappa shape index (κ1) is 18.6. The summed E-state index contributed by atoms with van der Waals surface area (Å²) >= 11 is 5.48. The van der Waals surface area contributed by atoms with Gasteiger partial charge >= 0.3 is 0 Å². The standard InChI is InChI=1S/C14H31N3OS/c1-6-18-11-7-8-15-14(19)17(12-13(2)3)10-9-16(4)5/h13H,6-12H2,1-5H3,(H,15,19). The molecular weight excluding hydrogens is 258 g/mol. The second-order valence-corrected chi connectivity index (χ2v) is 5.81. The monoisotopic (exact) mass is 289 g/mol. The molecule has 0 atom stereocenters. The van der Waals surface area contributed by atoms with Crippen LogP contribution in [0.5, 0.6) is 0 Å². The topological polar surface area (TPSA) is 27.7 Å². The Hall–Kier alpha value is -0.390. The van der Waals surface area contributed by atoms with E-state index in [4.69, 9.17) is 17.0 Å². The lowest BCUT2D eigenvalue weighted by atomic mass is 10.2. The second kappa shape index (κ2) is 11.4. The Morgan fingerprint density at radius 1 is 1.26 bits per heavy atom. The van der Waals surface area contributed by atoms with E-state index in [0.717, 1.165) is 50.9 Å². The lowest BCUT2D eigenvalue weighted by Crippen LogP contribution is -2.44.